The van der Waals surface area contributed by atoms with Gasteiger partial charge in [0.05, 0.1) is 5.56 Å². The molecule has 36 heavy (non-hydrogen) atoms. The maximum Gasteiger partial charge on any atom is 0.416 e. The molecule has 1 amide bonds. The predicted octanol–water partition coefficient (Wildman–Crippen LogP) is 5.80. The van der Waals surface area contributed by atoms with Crippen LogP contribution in [0.5, 0.6) is 0 Å². The van der Waals surface area contributed by atoms with Gasteiger partial charge in [0.25, 0.3) is 0 Å². The number of rotatable bonds is 11. The van der Waals surface area contributed by atoms with Crippen LogP contribution in [0.3, 0.4) is 0 Å². The Morgan fingerprint density at radius 1 is 0.806 bits per heavy atom. The van der Waals surface area contributed by atoms with Gasteiger partial charge in [-0.15, -0.1) is 0 Å². The first kappa shape index (κ1) is 26.5. The van der Waals surface area contributed by atoms with Crippen LogP contribution in [-0.2, 0) is 22.2 Å². The number of hydrogen-bond acceptors (Lipinski definition) is 4. The fourth-order valence-electron chi connectivity index (χ4n) is 3.53. The van der Waals surface area contributed by atoms with Crippen LogP contribution in [0.2, 0.25) is 0 Å². The standard InChI is InChI=1S/C27H25F3N2O4/c28-27(29,30)20-11-15-22(16-12-20)32-26(36)23(17-18-5-2-1-3-6-18)31-21-13-9-19(10-14-21)24(33)7-4-8-25(34)35/h1-3,5-6,9-16,23,31H,4,7-8,17H2,(H,32,36)(H,34,35)/t23-/m0/s1. The lowest BCUT2D eigenvalue weighted by atomic mass is 10.0. The highest BCUT2D eigenvalue weighted by atomic mass is 19.4. The highest BCUT2D eigenvalue weighted by Crippen LogP contribution is 2.30. The van der Waals surface area contributed by atoms with Crippen LogP contribution in [0.4, 0.5) is 24.5 Å². The lowest BCUT2D eigenvalue weighted by molar-refractivity contribution is -0.138. The average molecular weight is 499 g/mol. The molecule has 0 fully saturated rings. The van der Waals surface area contributed by atoms with Crippen LogP contribution in [0, 0.1) is 0 Å². The van der Waals surface area contributed by atoms with Crippen molar-refractivity contribution in [2.24, 2.45) is 0 Å². The number of carboxylic acids is 1. The summed E-state index contributed by atoms with van der Waals surface area (Å²) in [4.78, 5) is 35.9. The lowest BCUT2D eigenvalue weighted by Gasteiger charge is -2.20. The second-order valence-electron chi connectivity index (χ2n) is 8.20. The summed E-state index contributed by atoms with van der Waals surface area (Å²) >= 11 is 0. The summed E-state index contributed by atoms with van der Waals surface area (Å²) < 4.78 is 38.5. The van der Waals surface area contributed by atoms with E-state index in [2.05, 4.69) is 10.6 Å². The number of ketones is 1. The number of anilines is 2. The molecule has 9 heteroatoms. The summed E-state index contributed by atoms with van der Waals surface area (Å²) in [6, 6.07) is 19.2. The molecule has 0 spiro atoms. The molecule has 0 aliphatic carbocycles. The minimum absolute atomic E-state index is 0.0827. The zero-order chi connectivity index (χ0) is 26.1. The number of amides is 1. The van der Waals surface area contributed by atoms with E-state index in [1.807, 2.05) is 30.3 Å². The number of benzene rings is 3. The Balaban J connectivity index is 1.71. The number of carboxylic acid groups (broad SMARTS) is 1. The van der Waals surface area contributed by atoms with Gasteiger partial charge >= 0.3 is 12.1 Å². The molecule has 0 radical (unpaired) electrons. The molecule has 1 atom stereocenters. The normalized spacial score (nSPS) is 12.0. The van der Waals surface area contributed by atoms with Crippen molar-refractivity contribution < 1.29 is 32.7 Å². The third-order valence-corrected chi connectivity index (χ3v) is 5.42. The van der Waals surface area contributed by atoms with E-state index in [0.29, 0.717) is 17.7 Å². The Kier molecular flexibility index (Phi) is 8.83. The molecule has 0 unspecified atom stereocenters. The number of halogens is 3. The van der Waals surface area contributed by atoms with Gasteiger partial charge in [-0.2, -0.15) is 13.2 Å². The first-order valence-electron chi connectivity index (χ1n) is 11.3. The maximum atomic E-state index is 13.1. The van der Waals surface area contributed by atoms with Gasteiger partial charge in [0.15, 0.2) is 5.78 Å². The van der Waals surface area contributed by atoms with Gasteiger partial charge in [-0.25, -0.2) is 0 Å². The molecule has 0 aliphatic rings. The van der Waals surface area contributed by atoms with Crippen molar-refractivity contribution in [1.82, 2.24) is 0 Å². The Morgan fingerprint density at radius 2 is 1.42 bits per heavy atom. The first-order chi connectivity index (χ1) is 17.1. The number of hydrogen-bond donors (Lipinski definition) is 3. The van der Waals surface area contributed by atoms with Crippen molar-refractivity contribution in [2.45, 2.75) is 37.9 Å². The third-order valence-electron chi connectivity index (χ3n) is 5.42. The average Bonchev–Trinajstić information content (AvgIpc) is 2.84. The van der Waals surface area contributed by atoms with Gasteiger partial charge in [0, 0.05) is 36.2 Å². The first-order valence-corrected chi connectivity index (χ1v) is 11.3. The Labute approximate surface area is 206 Å². The molecule has 0 saturated carbocycles. The lowest BCUT2D eigenvalue weighted by Crippen LogP contribution is -2.36. The molecule has 0 bridgehead atoms. The number of nitrogens with one attached hydrogen (secondary N) is 2. The molecule has 0 heterocycles. The van der Waals surface area contributed by atoms with Crippen LogP contribution in [0.15, 0.2) is 78.9 Å². The van der Waals surface area contributed by atoms with Crippen LogP contribution in [0.25, 0.3) is 0 Å². The van der Waals surface area contributed by atoms with E-state index < -0.39 is 29.7 Å². The predicted molar refractivity (Wildman–Crippen MR) is 130 cm³/mol. The molecule has 0 saturated heterocycles. The van der Waals surface area contributed by atoms with E-state index in [1.54, 1.807) is 24.3 Å². The summed E-state index contributed by atoms with van der Waals surface area (Å²) in [6.45, 7) is 0. The minimum atomic E-state index is -4.47. The molecule has 3 rings (SSSR count). The van der Waals surface area contributed by atoms with E-state index >= 15 is 0 Å². The summed E-state index contributed by atoms with van der Waals surface area (Å²) in [5.74, 6) is -1.57. The fourth-order valence-corrected chi connectivity index (χ4v) is 3.53. The molecule has 0 aromatic heterocycles. The van der Waals surface area contributed by atoms with E-state index in [9.17, 15) is 27.6 Å². The van der Waals surface area contributed by atoms with Crippen LogP contribution in [0.1, 0.15) is 40.7 Å². The largest absolute Gasteiger partial charge is 0.481 e. The van der Waals surface area contributed by atoms with Crippen molar-refractivity contribution >= 4 is 29.0 Å². The van der Waals surface area contributed by atoms with E-state index in [4.69, 9.17) is 5.11 Å². The number of carbonyl (C=O) groups excluding carboxylic acids is 2. The number of carbonyl (C=O) groups is 3. The molecule has 3 aromatic carbocycles. The Hall–Kier alpha value is -4.14. The molecular weight excluding hydrogens is 473 g/mol. The highest BCUT2D eigenvalue weighted by molar-refractivity contribution is 5.98. The van der Waals surface area contributed by atoms with Gasteiger partial charge in [-0.05, 0) is 60.5 Å². The fraction of sp³-hybridized carbons (Fsp3) is 0.222. The van der Waals surface area contributed by atoms with E-state index in [1.165, 1.54) is 12.1 Å². The highest BCUT2D eigenvalue weighted by Gasteiger charge is 2.30. The Bertz CT molecular complexity index is 1180. The quantitative estimate of drug-likeness (QED) is 0.290. The van der Waals surface area contributed by atoms with Crippen LogP contribution < -0.4 is 10.6 Å². The van der Waals surface area contributed by atoms with E-state index in [-0.39, 0.29) is 30.7 Å². The van der Waals surface area contributed by atoms with Crippen molar-refractivity contribution in [1.29, 1.82) is 0 Å². The maximum absolute atomic E-state index is 13.1. The van der Waals surface area contributed by atoms with Crippen molar-refractivity contribution in [3.05, 3.63) is 95.6 Å². The van der Waals surface area contributed by atoms with Crippen LogP contribution >= 0.6 is 0 Å². The number of alkyl halides is 3. The zero-order valence-corrected chi connectivity index (χ0v) is 19.2. The zero-order valence-electron chi connectivity index (χ0n) is 19.2. The molecule has 0 aliphatic heterocycles. The minimum Gasteiger partial charge on any atom is -0.481 e. The summed E-state index contributed by atoms with van der Waals surface area (Å²) in [7, 11) is 0. The topological polar surface area (TPSA) is 95.5 Å². The second-order valence-corrected chi connectivity index (χ2v) is 8.20. The number of aliphatic carboxylic acids is 1. The Morgan fingerprint density at radius 3 is 2.00 bits per heavy atom. The summed E-state index contributed by atoms with van der Waals surface area (Å²) in [6.07, 6.45) is -3.88. The molecule has 3 N–H and O–H groups in total. The van der Waals surface area contributed by atoms with Crippen LogP contribution in [-0.4, -0.2) is 28.8 Å². The third kappa shape index (κ3) is 7.97. The van der Waals surface area contributed by atoms with Gasteiger partial charge in [-0.3, -0.25) is 14.4 Å². The second kappa shape index (κ2) is 12.0. The van der Waals surface area contributed by atoms with Gasteiger partial charge in [0.1, 0.15) is 6.04 Å². The number of Topliss-reactive ketones (excluding diaryl/α,β-unsaturated/α-hetero) is 1. The molecule has 3 aromatic rings. The summed E-state index contributed by atoms with van der Waals surface area (Å²) in [5, 5.41) is 14.5. The van der Waals surface area contributed by atoms with Gasteiger partial charge in [0.2, 0.25) is 5.91 Å². The van der Waals surface area contributed by atoms with E-state index in [0.717, 1.165) is 17.7 Å². The summed E-state index contributed by atoms with van der Waals surface area (Å²) in [5.41, 5.74) is 1.30. The SMILES string of the molecule is O=C(O)CCCC(=O)c1ccc(N[C@@H](Cc2ccccc2)C(=O)Nc2ccc(C(F)(F)F)cc2)cc1. The van der Waals surface area contributed by atoms with Gasteiger partial charge in [-0.1, -0.05) is 30.3 Å². The van der Waals surface area contributed by atoms with Crippen molar-refractivity contribution in [3.63, 3.8) is 0 Å². The molecule has 188 valence electrons. The van der Waals surface area contributed by atoms with Crippen molar-refractivity contribution in [2.75, 3.05) is 10.6 Å². The smallest absolute Gasteiger partial charge is 0.416 e. The molecular formula is C27H25F3N2O4. The van der Waals surface area contributed by atoms with Crippen molar-refractivity contribution in [3.8, 4) is 0 Å². The molecule has 6 nitrogen and oxygen atoms in total. The monoisotopic (exact) mass is 498 g/mol. The van der Waals surface area contributed by atoms with Gasteiger partial charge < -0.3 is 15.7 Å².